The standard InChI is InChI=1S/C8H7FN4O2/c9-5-1-7(13(14)15)8-11-6(2-10)4-12(8)3-5/h1,3-4H,2,10H2. The van der Waals surface area contributed by atoms with Gasteiger partial charge in [0.2, 0.25) is 5.65 Å². The van der Waals surface area contributed by atoms with E-state index >= 15 is 0 Å². The fraction of sp³-hybridized carbons (Fsp3) is 0.125. The summed E-state index contributed by atoms with van der Waals surface area (Å²) in [7, 11) is 0. The smallest absolute Gasteiger partial charge is 0.315 e. The Labute approximate surface area is 83.3 Å². The lowest BCUT2D eigenvalue weighted by Crippen LogP contribution is -1.96. The molecule has 6 nitrogen and oxygen atoms in total. The van der Waals surface area contributed by atoms with Gasteiger partial charge in [0.15, 0.2) is 0 Å². The van der Waals surface area contributed by atoms with Gasteiger partial charge in [0.05, 0.1) is 16.7 Å². The molecule has 0 aliphatic rings. The van der Waals surface area contributed by atoms with E-state index in [9.17, 15) is 14.5 Å². The molecule has 78 valence electrons. The van der Waals surface area contributed by atoms with Crippen LogP contribution in [0.3, 0.4) is 0 Å². The van der Waals surface area contributed by atoms with Crippen LogP contribution in [-0.2, 0) is 6.54 Å². The van der Waals surface area contributed by atoms with Crippen LogP contribution in [0.25, 0.3) is 5.65 Å². The van der Waals surface area contributed by atoms with Crippen molar-refractivity contribution in [3.05, 3.63) is 40.1 Å². The van der Waals surface area contributed by atoms with Gasteiger partial charge < -0.3 is 5.73 Å². The molecule has 7 heteroatoms. The van der Waals surface area contributed by atoms with E-state index in [1.54, 1.807) is 0 Å². The summed E-state index contributed by atoms with van der Waals surface area (Å²) in [6.07, 6.45) is 2.58. The first-order chi connectivity index (χ1) is 7.11. The molecule has 2 aromatic rings. The van der Waals surface area contributed by atoms with Gasteiger partial charge in [0.25, 0.3) is 0 Å². The molecule has 0 radical (unpaired) electrons. The van der Waals surface area contributed by atoms with Crippen LogP contribution in [-0.4, -0.2) is 14.3 Å². The van der Waals surface area contributed by atoms with Crippen LogP contribution in [0.5, 0.6) is 0 Å². The summed E-state index contributed by atoms with van der Waals surface area (Å²) in [6, 6.07) is 0.836. The van der Waals surface area contributed by atoms with Gasteiger partial charge in [-0.2, -0.15) is 0 Å². The highest BCUT2D eigenvalue weighted by molar-refractivity contribution is 5.59. The Morgan fingerprint density at radius 1 is 1.60 bits per heavy atom. The topological polar surface area (TPSA) is 86.5 Å². The Morgan fingerprint density at radius 2 is 2.33 bits per heavy atom. The van der Waals surface area contributed by atoms with E-state index in [1.165, 1.54) is 10.6 Å². The molecule has 2 aromatic heterocycles. The molecular weight excluding hydrogens is 203 g/mol. The molecule has 0 atom stereocenters. The first-order valence-corrected chi connectivity index (χ1v) is 4.13. The van der Waals surface area contributed by atoms with Crippen molar-refractivity contribution in [2.45, 2.75) is 6.54 Å². The second-order valence-corrected chi connectivity index (χ2v) is 2.97. The minimum atomic E-state index is -0.685. The van der Waals surface area contributed by atoms with Gasteiger partial charge in [-0.05, 0) is 0 Å². The lowest BCUT2D eigenvalue weighted by atomic mass is 10.4. The van der Waals surface area contributed by atoms with Gasteiger partial charge in [-0.3, -0.25) is 14.5 Å². The summed E-state index contributed by atoms with van der Waals surface area (Å²) >= 11 is 0. The number of imidazole rings is 1. The van der Waals surface area contributed by atoms with E-state index in [0.29, 0.717) is 5.69 Å². The maximum absolute atomic E-state index is 13.0. The Balaban J connectivity index is 2.77. The summed E-state index contributed by atoms with van der Waals surface area (Å²) < 4.78 is 14.2. The molecule has 0 saturated carbocycles. The second kappa shape index (κ2) is 3.28. The number of aromatic nitrogens is 2. The third-order valence-electron chi connectivity index (χ3n) is 1.95. The van der Waals surface area contributed by atoms with Crippen LogP contribution in [0.4, 0.5) is 10.1 Å². The van der Waals surface area contributed by atoms with Crippen LogP contribution in [0.15, 0.2) is 18.5 Å². The molecule has 0 saturated heterocycles. The zero-order chi connectivity index (χ0) is 11.0. The number of pyridine rings is 1. The molecular formula is C8H7FN4O2. The fourth-order valence-corrected chi connectivity index (χ4v) is 1.33. The van der Waals surface area contributed by atoms with Crippen molar-refractivity contribution >= 4 is 11.3 Å². The monoisotopic (exact) mass is 210 g/mol. The fourth-order valence-electron chi connectivity index (χ4n) is 1.33. The average molecular weight is 210 g/mol. The predicted molar refractivity (Wildman–Crippen MR) is 49.7 cm³/mol. The quantitative estimate of drug-likeness (QED) is 0.587. The number of halogens is 1. The molecule has 0 aromatic carbocycles. The Morgan fingerprint density at radius 3 is 2.93 bits per heavy atom. The SMILES string of the molecule is NCc1cn2cc(F)cc([N+](=O)[O-])c2n1. The highest BCUT2D eigenvalue weighted by Gasteiger charge is 2.16. The molecule has 0 unspecified atom stereocenters. The Hall–Kier alpha value is -2.02. The van der Waals surface area contributed by atoms with Crippen LogP contribution < -0.4 is 5.73 Å². The molecule has 0 spiro atoms. The molecule has 2 N–H and O–H groups in total. The number of hydrogen-bond donors (Lipinski definition) is 1. The number of nitrogens with two attached hydrogens (primary N) is 1. The van der Waals surface area contributed by atoms with Gasteiger partial charge >= 0.3 is 5.69 Å². The second-order valence-electron chi connectivity index (χ2n) is 2.97. The predicted octanol–water partition coefficient (Wildman–Crippen LogP) is 0.840. The molecule has 2 rings (SSSR count). The molecule has 0 aliphatic carbocycles. The number of nitrogens with zero attached hydrogens (tertiary/aromatic N) is 3. The first-order valence-electron chi connectivity index (χ1n) is 4.13. The highest BCUT2D eigenvalue weighted by Crippen LogP contribution is 2.20. The largest absolute Gasteiger partial charge is 0.325 e. The van der Waals surface area contributed by atoms with E-state index in [2.05, 4.69) is 4.98 Å². The first kappa shape index (κ1) is 9.53. The Bertz CT molecular complexity index is 537. The zero-order valence-electron chi connectivity index (χ0n) is 7.55. The molecule has 15 heavy (non-hydrogen) atoms. The van der Waals surface area contributed by atoms with Crippen molar-refractivity contribution in [2.24, 2.45) is 5.73 Å². The summed E-state index contributed by atoms with van der Waals surface area (Å²) in [5.41, 5.74) is 5.55. The van der Waals surface area contributed by atoms with Crippen molar-refractivity contribution in [1.82, 2.24) is 9.38 Å². The van der Waals surface area contributed by atoms with Gasteiger partial charge in [0, 0.05) is 18.9 Å². The molecule has 0 amide bonds. The van der Waals surface area contributed by atoms with E-state index in [0.717, 1.165) is 12.3 Å². The van der Waals surface area contributed by atoms with Crippen LogP contribution in [0.2, 0.25) is 0 Å². The van der Waals surface area contributed by atoms with Gasteiger partial charge in [-0.1, -0.05) is 0 Å². The third kappa shape index (κ3) is 1.52. The van der Waals surface area contributed by atoms with Crippen LogP contribution >= 0.6 is 0 Å². The Kier molecular flexibility index (Phi) is 2.09. The number of rotatable bonds is 2. The van der Waals surface area contributed by atoms with E-state index in [4.69, 9.17) is 5.73 Å². The van der Waals surface area contributed by atoms with E-state index in [1.807, 2.05) is 0 Å². The van der Waals surface area contributed by atoms with Gasteiger partial charge in [0.1, 0.15) is 5.82 Å². The van der Waals surface area contributed by atoms with Crippen molar-refractivity contribution in [1.29, 1.82) is 0 Å². The van der Waals surface area contributed by atoms with Crippen LogP contribution in [0, 0.1) is 15.9 Å². The highest BCUT2D eigenvalue weighted by atomic mass is 19.1. The molecule has 0 fully saturated rings. The summed E-state index contributed by atoms with van der Waals surface area (Å²) in [5.74, 6) is -0.685. The number of fused-ring (bicyclic) bond motifs is 1. The lowest BCUT2D eigenvalue weighted by molar-refractivity contribution is -0.383. The van der Waals surface area contributed by atoms with E-state index < -0.39 is 10.7 Å². The third-order valence-corrected chi connectivity index (χ3v) is 1.95. The van der Waals surface area contributed by atoms with E-state index in [-0.39, 0.29) is 17.9 Å². The van der Waals surface area contributed by atoms with Gasteiger partial charge in [-0.15, -0.1) is 0 Å². The maximum Gasteiger partial charge on any atom is 0.315 e. The van der Waals surface area contributed by atoms with Gasteiger partial charge in [-0.25, -0.2) is 9.37 Å². The summed E-state index contributed by atoms with van der Waals surface area (Å²) in [5, 5.41) is 10.6. The lowest BCUT2D eigenvalue weighted by Gasteiger charge is -1.95. The molecule has 0 aliphatic heterocycles. The van der Waals surface area contributed by atoms with Crippen molar-refractivity contribution in [3.63, 3.8) is 0 Å². The summed E-state index contributed by atoms with van der Waals surface area (Å²) in [4.78, 5) is 13.9. The molecule has 0 bridgehead atoms. The average Bonchev–Trinajstić information content (AvgIpc) is 2.58. The molecule has 2 heterocycles. The maximum atomic E-state index is 13.0. The van der Waals surface area contributed by atoms with Crippen molar-refractivity contribution in [2.75, 3.05) is 0 Å². The van der Waals surface area contributed by atoms with Crippen molar-refractivity contribution < 1.29 is 9.31 Å². The normalized spacial score (nSPS) is 10.8. The zero-order valence-corrected chi connectivity index (χ0v) is 7.55. The minimum Gasteiger partial charge on any atom is -0.325 e. The van der Waals surface area contributed by atoms with Crippen molar-refractivity contribution in [3.8, 4) is 0 Å². The minimum absolute atomic E-state index is 0.0989. The summed E-state index contributed by atoms with van der Waals surface area (Å²) in [6.45, 7) is 0.153. The van der Waals surface area contributed by atoms with Crippen LogP contribution in [0.1, 0.15) is 5.69 Å². The number of hydrogen-bond acceptors (Lipinski definition) is 4. The number of nitro groups is 1.